The number of aryl methyl sites for hydroxylation is 1. The van der Waals surface area contributed by atoms with Crippen molar-refractivity contribution in [3.8, 4) is 17.1 Å². The van der Waals surface area contributed by atoms with Crippen LogP contribution in [0, 0.1) is 0 Å². The topological polar surface area (TPSA) is 110 Å². The molecule has 1 amide bonds. The predicted octanol–water partition coefficient (Wildman–Crippen LogP) is 4.13. The molecule has 1 fully saturated rings. The van der Waals surface area contributed by atoms with E-state index in [1.54, 1.807) is 23.9 Å². The van der Waals surface area contributed by atoms with Crippen LogP contribution >= 0.6 is 0 Å². The van der Waals surface area contributed by atoms with Gasteiger partial charge in [0.2, 0.25) is 5.95 Å². The van der Waals surface area contributed by atoms with Crippen LogP contribution in [0.2, 0.25) is 0 Å². The molecule has 1 aliphatic carbocycles. The number of H-pyrrole nitrogens is 1. The Bertz CT molecular complexity index is 1330. The Morgan fingerprint density at radius 1 is 1.24 bits per heavy atom. The van der Waals surface area contributed by atoms with Gasteiger partial charge in [-0.2, -0.15) is 10.1 Å². The summed E-state index contributed by atoms with van der Waals surface area (Å²) < 4.78 is 7.20. The lowest BCUT2D eigenvalue weighted by Gasteiger charge is -2.12. The number of aromatic nitrogens is 5. The fraction of sp³-hybridized carbons (Fsp3) is 0.333. The van der Waals surface area contributed by atoms with Gasteiger partial charge in [0.15, 0.2) is 5.82 Å². The van der Waals surface area contributed by atoms with Gasteiger partial charge >= 0.3 is 0 Å². The molecule has 4 aromatic rings. The van der Waals surface area contributed by atoms with Crippen LogP contribution in [-0.2, 0) is 7.05 Å². The van der Waals surface area contributed by atoms with E-state index in [0.29, 0.717) is 29.0 Å². The third-order valence-electron chi connectivity index (χ3n) is 5.79. The number of hydrogen-bond donors (Lipinski definition) is 3. The van der Waals surface area contributed by atoms with Gasteiger partial charge in [0.1, 0.15) is 5.75 Å². The Morgan fingerprint density at radius 3 is 2.79 bits per heavy atom. The number of methoxy groups -OCH3 is 1. The lowest BCUT2D eigenvalue weighted by molar-refractivity contribution is 0.0940. The zero-order chi connectivity index (χ0) is 23.1. The average Bonchev–Trinajstić information content (AvgIpc) is 3.40. The highest BCUT2D eigenvalue weighted by Crippen LogP contribution is 2.47. The molecule has 3 N–H and O–H groups in total. The van der Waals surface area contributed by atoms with Crippen molar-refractivity contribution in [3.05, 3.63) is 47.7 Å². The highest BCUT2D eigenvalue weighted by Gasteiger charge is 2.29. The number of aromatic amines is 1. The van der Waals surface area contributed by atoms with E-state index >= 15 is 0 Å². The molecular formula is C24H27N7O2. The summed E-state index contributed by atoms with van der Waals surface area (Å²) in [7, 11) is 3.41. The zero-order valence-electron chi connectivity index (χ0n) is 19.1. The van der Waals surface area contributed by atoms with Crippen LogP contribution in [0.5, 0.6) is 5.75 Å². The Hall–Kier alpha value is -3.88. The van der Waals surface area contributed by atoms with Crippen LogP contribution in [0.3, 0.4) is 0 Å². The molecule has 0 bridgehead atoms. The van der Waals surface area contributed by atoms with E-state index in [0.717, 1.165) is 22.2 Å². The molecular weight excluding hydrogens is 418 g/mol. The lowest BCUT2D eigenvalue weighted by atomic mass is 10.0. The minimum absolute atomic E-state index is 0.0368. The van der Waals surface area contributed by atoms with E-state index in [9.17, 15) is 4.79 Å². The highest BCUT2D eigenvalue weighted by molar-refractivity contribution is 5.97. The van der Waals surface area contributed by atoms with Crippen LogP contribution in [0.15, 0.2) is 36.5 Å². The van der Waals surface area contributed by atoms with Crippen molar-refractivity contribution in [2.45, 2.75) is 38.6 Å². The second-order valence-electron chi connectivity index (χ2n) is 8.68. The van der Waals surface area contributed by atoms with Gasteiger partial charge in [-0.05, 0) is 62.4 Å². The minimum atomic E-state index is -0.174. The standard InChI is InChI=1S/C24H27N7O2/c1-13(2)26-23(32)16-8-7-15(11-20(16)33-4)22-28-24(31(3)30-22)27-19-10-9-18-17(12-25-29-18)21(19)14-5-6-14/h7-14H,5-6H2,1-4H3,(H,25,29)(H,26,32)(H,27,28,30). The number of nitrogens with zero attached hydrogens (tertiary/aromatic N) is 4. The van der Waals surface area contributed by atoms with E-state index in [-0.39, 0.29) is 11.9 Å². The molecule has 33 heavy (non-hydrogen) atoms. The second kappa shape index (κ2) is 8.23. The summed E-state index contributed by atoms with van der Waals surface area (Å²) in [5.74, 6) is 2.03. The number of ether oxygens (including phenoxy) is 1. The highest BCUT2D eigenvalue weighted by atomic mass is 16.5. The first-order chi connectivity index (χ1) is 15.9. The van der Waals surface area contributed by atoms with Gasteiger partial charge in [-0.1, -0.05) is 6.07 Å². The maximum atomic E-state index is 12.5. The third kappa shape index (κ3) is 4.02. The largest absolute Gasteiger partial charge is 0.496 e. The summed E-state index contributed by atoms with van der Waals surface area (Å²) in [4.78, 5) is 17.2. The molecule has 9 nitrogen and oxygen atoms in total. The first kappa shape index (κ1) is 21.0. The summed E-state index contributed by atoms with van der Waals surface area (Å²) in [6, 6.07) is 9.50. The van der Waals surface area contributed by atoms with Crippen LogP contribution in [0.1, 0.15) is 48.5 Å². The third-order valence-corrected chi connectivity index (χ3v) is 5.79. The van der Waals surface area contributed by atoms with E-state index in [2.05, 4.69) is 32.0 Å². The number of anilines is 2. The molecule has 2 aromatic heterocycles. The summed E-state index contributed by atoms with van der Waals surface area (Å²) in [5.41, 5.74) is 4.57. The molecule has 2 heterocycles. The van der Waals surface area contributed by atoms with Gasteiger partial charge in [-0.3, -0.25) is 9.89 Å². The predicted molar refractivity (Wildman–Crippen MR) is 127 cm³/mol. The molecule has 9 heteroatoms. The number of benzene rings is 2. The van der Waals surface area contributed by atoms with Gasteiger partial charge in [-0.15, -0.1) is 5.10 Å². The molecule has 5 rings (SSSR count). The molecule has 0 saturated heterocycles. The molecule has 0 atom stereocenters. The molecule has 1 saturated carbocycles. The smallest absolute Gasteiger partial charge is 0.255 e. The zero-order valence-corrected chi connectivity index (χ0v) is 19.1. The first-order valence-electron chi connectivity index (χ1n) is 11.1. The second-order valence-corrected chi connectivity index (χ2v) is 8.68. The Kier molecular flexibility index (Phi) is 5.24. The number of amides is 1. The van der Waals surface area contributed by atoms with E-state index in [4.69, 9.17) is 9.72 Å². The Morgan fingerprint density at radius 2 is 2.06 bits per heavy atom. The molecule has 0 aliphatic heterocycles. The molecule has 170 valence electrons. The van der Waals surface area contributed by atoms with Gasteiger partial charge in [0, 0.05) is 29.7 Å². The van der Waals surface area contributed by atoms with E-state index < -0.39 is 0 Å². The number of carbonyl (C=O) groups excluding carboxylic acids is 1. The van der Waals surface area contributed by atoms with Crippen molar-refractivity contribution in [2.24, 2.45) is 7.05 Å². The molecule has 0 radical (unpaired) electrons. The van der Waals surface area contributed by atoms with E-state index in [1.807, 2.05) is 39.2 Å². The number of carbonyl (C=O) groups is 1. The Balaban J connectivity index is 1.46. The molecule has 0 spiro atoms. The van der Waals surface area contributed by atoms with Crippen LogP contribution in [0.25, 0.3) is 22.3 Å². The van der Waals surface area contributed by atoms with Gasteiger partial charge in [0.05, 0.1) is 24.4 Å². The molecule has 0 unspecified atom stereocenters. The quantitative estimate of drug-likeness (QED) is 0.395. The van der Waals surface area contributed by atoms with Crippen LogP contribution in [0.4, 0.5) is 11.6 Å². The monoisotopic (exact) mass is 445 g/mol. The number of nitrogens with one attached hydrogen (secondary N) is 3. The number of fused-ring (bicyclic) bond motifs is 1. The van der Waals surface area contributed by atoms with Crippen molar-refractivity contribution in [3.63, 3.8) is 0 Å². The molecule has 1 aliphatic rings. The van der Waals surface area contributed by atoms with Crippen LogP contribution < -0.4 is 15.4 Å². The van der Waals surface area contributed by atoms with E-state index in [1.165, 1.54) is 18.4 Å². The fourth-order valence-corrected chi connectivity index (χ4v) is 4.05. The van der Waals surface area contributed by atoms with Crippen molar-refractivity contribution >= 4 is 28.4 Å². The molecule has 2 aromatic carbocycles. The lowest BCUT2D eigenvalue weighted by Crippen LogP contribution is -2.30. The van der Waals surface area contributed by atoms with Gasteiger partial charge < -0.3 is 15.4 Å². The van der Waals surface area contributed by atoms with Gasteiger partial charge in [0.25, 0.3) is 5.91 Å². The van der Waals surface area contributed by atoms with Crippen LogP contribution in [-0.4, -0.2) is 44.0 Å². The van der Waals surface area contributed by atoms with Crippen molar-refractivity contribution in [1.29, 1.82) is 0 Å². The summed E-state index contributed by atoms with van der Waals surface area (Å²) in [6.45, 7) is 3.84. The average molecular weight is 446 g/mol. The normalized spacial score (nSPS) is 13.5. The minimum Gasteiger partial charge on any atom is -0.496 e. The summed E-state index contributed by atoms with van der Waals surface area (Å²) in [5, 5.41) is 19.3. The van der Waals surface area contributed by atoms with Crippen molar-refractivity contribution in [1.82, 2.24) is 30.3 Å². The fourth-order valence-electron chi connectivity index (χ4n) is 4.05. The van der Waals surface area contributed by atoms with Gasteiger partial charge in [-0.25, -0.2) is 4.68 Å². The SMILES string of the molecule is COc1cc(-c2nc(Nc3ccc4[nH]ncc4c3C3CC3)n(C)n2)ccc1C(=O)NC(C)C. The Labute approximate surface area is 191 Å². The number of hydrogen-bond acceptors (Lipinski definition) is 6. The summed E-state index contributed by atoms with van der Waals surface area (Å²) >= 11 is 0. The number of rotatable bonds is 7. The first-order valence-corrected chi connectivity index (χ1v) is 11.1. The maximum Gasteiger partial charge on any atom is 0.255 e. The van der Waals surface area contributed by atoms with Crippen molar-refractivity contribution in [2.75, 3.05) is 12.4 Å². The van der Waals surface area contributed by atoms with Crippen molar-refractivity contribution < 1.29 is 9.53 Å². The maximum absolute atomic E-state index is 12.5. The summed E-state index contributed by atoms with van der Waals surface area (Å²) in [6.07, 6.45) is 4.25.